The van der Waals surface area contributed by atoms with Crippen molar-refractivity contribution >= 4 is 17.7 Å². The van der Waals surface area contributed by atoms with Crippen molar-refractivity contribution in [2.75, 3.05) is 20.1 Å². The number of hydrogen-bond acceptors (Lipinski definition) is 5. The number of rotatable bonds is 3. The third kappa shape index (κ3) is 5.62. The molecule has 0 aromatic carbocycles. The standard InChI is InChI=1S/C16H25ClN4O2/c1-16(2,3)23-15(22)21-9-5-6-13(11-21)20(4)10-12-7-8-18-14(17)19-12/h7-8,13H,5-6,9-11H2,1-4H3/t13-/m1/s1. The smallest absolute Gasteiger partial charge is 0.410 e. The minimum Gasteiger partial charge on any atom is -0.444 e. The lowest BCUT2D eigenvalue weighted by Gasteiger charge is -2.38. The van der Waals surface area contributed by atoms with Crippen LogP contribution in [0.4, 0.5) is 4.79 Å². The molecule has 2 heterocycles. The maximum atomic E-state index is 12.2. The third-order valence-corrected chi connectivity index (χ3v) is 3.95. The fourth-order valence-electron chi connectivity index (χ4n) is 2.65. The first-order chi connectivity index (χ1) is 10.7. The first-order valence-corrected chi connectivity index (χ1v) is 8.28. The van der Waals surface area contributed by atoms with E-state index < -0.39 is 5.60 Å². The summed E-state index contributed by atoms with van der Waals surface area (Å²) in [4.78, 5) is 24.3. The van der Waals surface area contributed by atoms with Gasteiger partial charge >= 0.3 is 6.09 Å². The van der Waals surface area contributed by atoms with Crippen LogP contribution in [0, 0.1) is 0 Å². The molecule has 128 valence electrons. The highest BCUT2D eigenvalue weighted by Crippen LogP contribution is 2.19. The predicted molar refractivity (Wildman–Crippen MR) is 89.3 cm³/mol. The van der Waals surface area contributed by atoms with E-state index in [2.05, 4.69) is 14.9 Å². The molecule has 0 radical (unpaired) electrons. The van der Waals surface area contributed by atoms with Gasteiger partial charge in [-0.05, 0) is 58.3 Å². The number of carbonyl (C=O) groups is 1. The fraction of sp³-hybridized carbons (Fsp3) is 0.688. The third-order valence-electron chi connectivity index (χ3n) is 3.77. The topological polar surface area (TPSA) is 58.6 Å². The predicted octanol–water partition coefficient (Wildman–Crippen LogP) is 2.96. The van der Waals surface area contributed by atoms with E-state index in [0.717, 1.165) is 25.1 Å². The summed E-state index contributed by atoms with van der Waals surface area (Å²) in [6.07, 6.45) is 3.44. The summed E-state index contributed by atoms with van der Waals surface area (Å²) in [5, 5.41) is 0.259. The SMILES string of the molecule is CN(Cc1ccnc(Cl)n1)[C@@H]1CCCN(C(=O)OC(C)(C)C)C1. The monoisotopic (exact) mass is 340 g/mol. The van der Waals surface area contributed by atoms with Gasteiger partial charge in [0.05, 0.1) is 5.69 Å². The highest BCUT2D eigenvalue weighted by atomic mass is 35.5. The molecule has 0 unspecified atom stereocenters. The van der Waals surface area contributed by atoms with Crippen molar-refractivity contribution < 1.29 is 9.53 Å². The number of likely N-dealkylation sites (N-methyl/N-ethyl adjacent to an activating group) is 1. The maximum absolute atomic E-state index is 12.2. The lowest BCUT2D eigenvalue weighted by Crippen LogP contribution is -2.49. The molecule has 1 aromatic rings. The Morgan fingerprint density at radius 2 is 2.26 bits per heavy atom. The van der Waals surface area contributed by atoms with E-state index in [4.69, 9.17) is 16.3 Å². The van der Waals surface area contributed by atoms with E-state index in [0.29, 0.717) is 13.1 Å². The van der Waals surface area contributed by atoms with Crippen molar-refractivity contribution in [2.45, 2.75) is 51.8 Å². The Kier molecular flexibility index (Phi) is 5.81. The Labute approximate surface area is 142 Å². The van der Waals surface area contributed by atoms with Gasteiger partial charge in [0.1, 0.15) is 5.60 Å². The normalized spacial score (nSPS) is 19.0. The number of aromatic nitrogens is 2. The second-order valence-corrected chi connectivity index (χ2v) is 7.29. The van der Waals surface area contributed by atoms with E-state index in [1.165, 1.54) is 0 Å². The minimum atomic E-state index is -0.465. The van der Waals surface area contributed by atoms with Crippen molar-refractivity contribution in [2.24, 2.45) is 0 Å². The molecule has 1 fully saturated rings. The Morgan fingerprint density at radius 3 is 2.91 bits per heavy atom. The quantitative estimate of drug-likeness (QED) is 0.792. The van der Waals surface area contributed by atoms with Crippen LogP contribution in [0.1, 0.15) is 39.3 Å². The molecule has 1 aliphatic rings. The summed E-state index contributed by atoms with van der Waals surface area (Å²) in [6.45, 7) is 7.75. The van der Waals surface area contributed by atoms with Gasteiger partial charge in [0, 0.05) is 31.9 Å². The van der Waals surface area contributed by atoms with Crippen LogP contribution >= 0.6 is 11.6 Å². The average Bonchev–Trinajstić information content (AvgIpc) is 2.45. The summed E-state index contributed by atoms with van der Waals surface area (Å²) in [6, 6.07) is 2.14. The van der Waals surface area contributed by atoms with Crippen molar-refractivity contribution in [3.05, 3.63) is 23.2 Å². The highest BCUT2D eigenvalue weighted by Gasteiger charge is 2.29. The molecule has 0 N–H and O–H groups in total. The van der Waals surface area contributed by atoms with Crippen LogP contribution in [0.25, 0.3) is 0 Å². The molecule has 1 saturated heterocycles. The van der Waals surface area contributed by atoms with Crippen molar-refractivity contribution in [1.82, 2.24) is 19.8 Å². The number of halogens is 1. The van der Waals surface area contributed by atoms with Gasteiger partial charge in [-0.2, -0.15) is 0 Å². The van der Waals surface area contributed by atoms with Gasteiger partial charge in [-0.3, -0.25) is 4.90 Å². The van der Waals surface area contributed by atoms with Crippen LogP contribution < -0.4 is 0 Å². The van der Waals surface area contributed by atoms with E-state index >= 15 is 0 Å². The maximum Gasteiger partial charge on any atom is 0.410 e. The number of amides is 1. The zero-order valence-electron chi connectivity index (χ0n) is 14.3. The minimum absolute atomic E-state index is 0.235. The Morgan fingerprint density at radius 1 is 1.52 bits per heavy atom. The number of ether oxygens (including phenoxy) is 1. The van der Waals surface area contributed by atoms with Crippen molar-refractivity contribution in [3.63, 3.8) is 0 Å². The molecule has 23 heavy (non-hydrogen) atoms. The molecule has 0 bridgehead atoms. The average molecular weight is 341 g/mol. The summed E-state index contributed by atoms with van der Waals surface area (Å²) in [5.74, 6) is 0. The zero-order chi connectivity index (χ0) is 17.0. The Bertz CT molecular complexity index is 547. The van der Waals surface area contributed by atoms with Crippen LogP contribution in [0.2, 0.25) is 5.28 Å². The van der Waals surface area contributed by atoms with Crippen LogP contribution in [0.5, 0.6) is 0 Å². The highest BCUT2D eigenvalue weighted by molar-refractivity contribution is 6.28. The first kappa shape index (κ1) is 17.9. The van der Waals surface area contributed by atoms with E-state index in [1.54, 1.807) is 11.1 Å². The molecule has 0 aliphatic carbocycles. The van der Waals surface area contributed by atoms with Crippen LogP contribution in [-0.2, 0) is 11.3 Å². The summed E-state index contributed by atoms with van der Waals surface area (Å²) < 4.78 is 5.47. The molecule has 6 nitrogen and oxygen atoms in total. The molecule has 0 spiro atoms. The van der Waals surface area contributed by atoms with Gasteiger partial charge in [-0.1, -0.05) is 0 Å². The van der Waals surface area contributed by atoms with Crippen molar-refractivity contribution in [3.8, 4) is 0 Å². The molecule has 1 amide bonds. The Hall–Kier alpha value is -1.40. The largest absolute Gasteiger partial charge is 0.444 e. The van der Waals surface area contributed by atoms with Gasteiger partial charge in [0.25, 0.3) is 0 Å². The summed E-state index contributed by atoms with van der Waals surface area (Å²) >= 11 is 5.83. The van der Waals surface area contributed by atoms with Crippen LogP contribution in [0.15, 0.2) is 12.3 Å². The molecule has 0 saturated carbocycles. The number of piperidine rings is 1. The Balaban J connectivity index is 1.93. The van der Waals surface area contributed by atoms with Gasteiger partial charge in [0.2, 0.25) is 5.28 Å². The fourth-order valence-corrected chi connectivity index (χ4v) is 2.81. The van der Waals surface area contributed by atoms with E-state index in [1.807, 2.05) is 33.9 Å². The van der Waals surface area contributed by atoms with E-state index in [-0.39, 0.29) is 17.4 Å². The van der Waals surface area contributed by atoms with E-state index in [9.17, 15) is 4.79 Å². The lowest BCUT2D eigenvalue weighted by atomic mass is 10.0. The zero-order valence-corrected chi connectivity index (χ0v) is 15.0. The summed E-state index contributed by atoms with van der Waals surface area (Å²) in [5.41, 5.74) is 0.412. The number of carbonyl (C=O) groups excluding carboxylic acids is 1. The van der Waals surface area contributed by atoms with Crippen LogP contribution in [0.3, 0.4) is 0 Å². The first-order valence-electron chi connectivity index (χ1n) is 7.90. The second kappa shape index (κ2) is 7.45. The van der Waals surface area contributed by atoms with Gasteiger partial charge in [-0.25, -0.2) is 14.8 Å². The molecule has 7 heteroatoms. The van der Waals surface area contributed by atoms with Gasteiger partial charge < -0.3 is 9.64 Å². The lowest BCUT2D eigenvalue weighted by molar-refractivity contribution is 0.0120. The second-order valence-electron chi connectivity index (χ2n) is 6.95. The van der Waals surface area contributed by atoms with Gasteiger partial charge in [0.15, 0.2) is 0 Å². The number of likely N-dealkylation sites (tertiary alicyclic amines) is 1. The van der Waals surface area contributed by atoms with Crippen LogP contribution in [-0.4, -0.2) is 57.6 Å². The number of hydrogen-bond donors (Lipinski definition) is 0. The van der Waals surface area contributed by atoms with Crippen molar-refractivity contribution in [1.29, 1.82) is 0 Å². The molecule has 2 rings (SSSR count). The molecular formula is C16H25ClN4O2. The molecule has 1 atom stereocenters. The molecular weight excluding hydrogens is 316 g/mol. The van der Waals surface area contributed by atoms with Gasteiger partial charge in [-0.15, -0.1) is 0 Å². The summed E-state index contributed by atoms with van der Waals surface area (Å²) in [7, 11) is 2.04. The molecule has 1 aromatic heterocycles. The molecule has 1 aliphatic heterocycles. The number of nitrogens with zero attached hydrogens (tertiary/aromatic N) is 4.